The molecule has 0 aliphatic heterocycles. The van der Waals surface area contributed by atoms with Crippen molar-refractivity contribution in [3.63, 3.8) is 0 Å². The molecule has 1 amide bonds. The van der Waals surface area contributed by atoms with Gasteiger partial charge in [0.2, 0.25) is 5.91 Å². The molecule has 0 aliphatic rings. The molecule has 0 heterocycles. The Balaban J connectivity index is 2.72. The highest BCUT2D eigenvalue weighted by molar-refractivity contribution is 5.75. The fraction of sp³-hybridized carbons (Fsp3) is 0.300. The molecule has 0 radical (unpaired) electrons. The largest absolute Gasteiger partial charge is 0.396 e. The van der Waals surface area contributed by atoms with E-state index in [4.69, 9.17) is 11.5 Å². The minimum Gasteiger partial charge on any atom is -0.396 e. The number of benzene rings is 1. The van der Waals surface area contributed by atoms with Crippen molar-refractivity contribution in [2.75, 3.05) is 19.3 Å². The lowest BCUT2D eigenvalue weighted by Gasteiger charge is -2.15. The van der Waals surface area contributed by atoms with Crippen molar-refractivity contribution in [3.8, 4) is 0 Å². The third kappa shape index (κ3) is 3.21. The number of carbonyl (C=O) groups excluding carboxylic acids is 1. The zero-order valence-electron chi connectivity index (χ0n) is 8.53. The van der Waals surface area contributed by atoms with E-state index in [2.05, 4.69) is 0 Å². The average molecular weight is 211 g/mol. The van der Waals surface area contributed by atoms with Crippen LogP contribution in [-0.4, -0.2) is 24.4 Å². The van der Waals surface area contributed by atoms with Crippen LogP contribution in [0.4, 0.5) is 10.1 Å². The molecule has 82 valence electrons. The van der Waals surface area contributed by atoms with E-state index in [1.807, 2.05) is 0 Å². The molecule has 4 nitrogen and oxygen atoms in total. The van der Waals surface area contributed by atoms with Crippen LogP contribution in [0.25, 0.3) is 0 Å². The van der Waals surface area contributed by atoms with E-state index in [1.165, 1.54) is 6.07 Å². The Kier molecular flexibility index (Phi) is 3.62. The molecule has 0 saturated carbocycles. The number of nitrogen functional groups attached to an aromatic ring is 1. The molecule has 15 heavy (non-hydrogen) atoms. The van der Waals surface area contributed by atoms with Crippen molar-refractivity contribution in [2.45, 2.75) is 6.54 Å². The Morgan fingerprint density at radius 3 is 2.80 bits per heavy atom. The third-order valence-electron chi connectivity index (χ3n) is 1.97. The van der Waals surface area contributed by atoms with Gasteiger partial charge in [0, 0.05) is 12.1 Å². The number of likely N-dealkylation sites (N-methyl/N-ethyl adjacent to an activating group) is 1. The molecule has 1 rings (SSSR count). The van der Waals surface area contributed by atoms with Crippen LogP contribution >= 0.6 is 0 Å². The molecule has 0 unspecified atom stereocenters. The molecule has 1 aromatic carbocycles. The summed E-state index contributed by atoms with van der Waals surface area (Å²) in [6, 6.07) is 4.79. The van der Waals surface area contributed by atoms with Crippen molar-refractivity contribution in [3.05, 3.63) is 29.6 Å². The first-order valence-electron chi connectivity index (χ1n) is 4.50. The van der Waals surface area contributed by atoms with Crippen LogP contribution in [0.1, 0.15) is 5.56 Å². The number of rotatable bonds is 4. The standard InChI is InChI=1S/C10H14FN3O/c1-14(6-9(13)15)5-7-3-2-4-8(12)10(7)11/h2-4H,5-6,12H2,1H3,(H2,13,15). The number of anilines is 1. The Morgan fingerprint density at radius 1 is 1.53 bits per heavy atom. The summed E-state index contributed by atoms with van der Waals surface area (Å²) < 4.78 is 13.4. The van der Waals surface area contributed by atoms with Gasteiger partial charge >= 0.3 is 0 Å². The number of nitrogens with zero attached hydrogens (tertiary/aromatic N) is 1. The van der Waals surface area contributed by atoms with Gasteiger partial charge in [-0.05, 0) is 13.1 Å². The monoisotopic (exact) mass is 211 g/mol. The van der Waals surface area contributed by atoms with Gasteiger partial charge in [-0.2, -0.15) is 0 Å². The Morgan fingerprint density at radius 2 is 2.20 bits per heavy atom. The van der Waals surface area contributed by atoms with Gasteiger partial charge < -0.3 is 11.5 Å². The molecule has 5 heteroatoms. The van der Waals surface area contributed by atoms with E-state index in [0.717, 1.165) is 0 Å². The van der Waals surface area contributed by atoms with E-state index < -0.39 is 11.7 Å². The van der Waals surface area contributed by atoms with E-state index in [-0.39, 0.29) is 12.2 Å². The maximum atomic E-state index is 13.4. The van der Waals surface area contributed by atoms with Gasteiger partial charge in [-0.3, -0.25) is 9.69 Å². The summed E-state index contributed by atoms with van der Waals surface area (Å²) in [4.78, 5) is 12.2. The maximum absolute atomic E-state index is 13.4. The SMILES string of the molecule is CN(CC(N)=O)Cc1cccc(N)c1F. The second-order valence-corrected chi connectivity index (χ2v) is 3.46. The van der Waals surface area contributed by atoms with Gasteiger partial charge in [0.15, 0.2) is 5.82 Å². The molecular formula is C10H14FN3O. The number of hydrogen-bond acceptors (Lipinski definition) is 3. The summed E-state index contributed by atoms with van der Waals surface area (Å²) in [5.41, 5.74) is 11.0. The summed E-state index contributed by atoms with van der Waals surface area (Å²) in [5, 5.41) is 0. The number of amides is 1. The second kappa shape index (κ2) is 4.75. The van der Waals surface area contributed by atoms with Gasteiger partial charge in [0.25, 0.3) is 0 Å². The van der Waals surface area contributed by atoms with Crippen LogP contribution in [0.2, 0.25) is 0 Å². The molecule has 0 aromatic heterocycles. The topological polar surface area (TPSA) is 72.3 Å². The molecule has 1 aromatic rings. The molecule has 0 atom stereocenters. The van der Waals surface area contributed by atoms with Crippen molar-refractivity contribution in [1.82, 2.24) is 4.90 Å². The Bertz CT molecular complexity index is 368. The summed E-state index contributed by atoms with van der Waals surface area (Å²) in [6.45, 7) is 0.397. The summed E-state index contributed by atoms with van der Waals surface area (Å²) in [6.07, 6.45) is 0. The van der Waals surface area contributed by atoms with Crippen LogP contribution in [-0.2, 0) is 11.3 Å². The minimum atomic E-state index is -0.443. The number of carbonyl (C=O) groups is 1. The van der Waals surface area contributed by atoms with Crippen LogP contribution in [0.5, 0.6) is 0 Å². The fourth-order valence-electron chi connectivity index (χ4n) is 1.33. The predicted molar refractivity (Wildman–Crippen MR) is 56.3 cm³/mol. The lowest BCUT2D eigenvalue weighted by atomic mass is 10.2. The summed E-state index contributed by atoms with van der Waals surface area (Å²) in [7, 11) is 1.69. The zero-order chi connectivity index (χ0) is 11.4. The number of hydrogen-bond donors (Lipinski definition) is 2. The second-order valence-electron chi connectivity index (χ2n) is 3.46. The number of halogens is 1. The first-order valence-corrected chi connectivity index (χ1v) is 4.50. The van der Waals surface area contributed by atoms with Gasteiger partial charge in [0.05, 0.1) is 12.2 Å². The van der Waals surface area contributed by atoms with Gasteiger partial charge in [-0.25, -0.2) is 4.39 Å². The van der Waals surface area contributed by atoms with Crippen molar-refractivity contribution in [2.24, 2.45) is 5.73 Å². The van der Waals surface area contributed by atoms with E-state index in [9.17, 15) is 9.18 Å². The van der Waals surface area contributed by atoms with Gasteiger partial charge in [-0.1, -0.05) is 12.1 Å². The van der Waals surface area contributed by atoms with Crippen LogP contribution in [0, 0.1) is 5.82 Å². The highest BCUT2D eigenvalue weighted by Crippen LogP contribution is 2.15. The lowest BCUT2D eigenvalue weighted by molar-refractivity contribution is -0.118. The van der Waals surface area contributed by atoms with Crippen molar-refractivity contribution >= 4 is 11.6 Å². The first kappa shape index (κ1) is 11.5. The molecule has 0 spiro atoms. The number of nitrogens with two attached hydrogens (primary N) is 2. The third-order valence-corrected chi connectivity index (χ3v) is 1.97. The van der Waals surface area contributed by atoms with Crippen molar-refractivity contribution < 1.29 is 9.18 Å². The van der Waals surface area contributed by atoms with Crippen LogP contribution in [0.3, 0.4) is 0 Å². The maximum Gasteiger partial charge on any atom is 0.231 e. The van der Waals surface area contributed by atoms with Gasteiger partial charge in [-0.15, -0.1) is 0 Å². The fourth-order valence-corrected chi connectivity index (χ4v) is 1.33. The zero-order valence-corrected chi connectivity index (χ0v) is 8.53. The molecule has 0 fully saturated rings. The molecule has 0 saturated heterocycles. The van der Waals surface area contributed by atoms with E-state index in [0.29, 0.717) is 12.1 Å². The summed E-state index contributed by atoms with van der Waals surface area (Å²) >= 11 is 0. The predicted octanol–water partition coefficient (Wildman–Crippen LogP) is 0.325. The van der Waals surface area contributed by atoms with Crippen LogP contribution < -0.4 is 11.5 Å². The average Bonchev–Trinajstić information content (AvgIpc) is 2.11. The minimum absolute atomic E-state index is 0.0915. The Labute approximate surface area is 87.7 Å². The first-order chi connectivity index (χ1) is 7.00. The highest BCUT2D eigenvalue weighted by Gasteiger charge is 2.09. The molecule has 0 bridgehead atoms. The lowest BCUT2D eigenvalue weighted by Crippen LogP contribution is -2.30. The normalized spacial score (nSPS) is 10.6. The summed E-state index contributed by atoms with van der Waals surface area (Å²) in [5.74, 6) is -0.879. The van der Waals surface area contributed by atoms with Crippen LogP contribution in [0.15, 0.2) is 18.2 Å². The molecule has 4 N–H and O–H groups in total. The molecular weight excluding hydrogens is 197 g/mol. The van der Waals surface area contributed by atoms with E-state index >= 15 is 0 Å². The Hall–Kier alpha value is -1.62. The quantitative estimate of drug-likeness (QED) is 0.705. The van der Waals surface area contributed by atoms with Gasteiger partial charge in [0.1, 0.15) is 0 Å². The number of primary amides is 1. The smallest absolute Gasteiger partial charge is 0.231 e. The molecule has 0 aliphatic carbocycles. The van der Waals surface area contributed by atoms with Crippen molar-refractivity contribution in [1.29, 1.82) is 0 Å². The highest BCUT2D eigenvalue weighted by atomic mass is 19.1. The van der Waals surface area contributed by atoms with E-state index in [1.54, 1.807) is 24.1 Å².